The molecular weight excluding hydrogens is 180 g/mol. The van der Waals surface area contributed by atoms with Gasteiger partial charge in [0.15, 0.2) is 0 Å². The number of hydrogen-bond acceptors (Lipinski definition) is 3. The van der Waals surface area contributed by atoms with Gasteiger partial charge in [-0.3, -0.25) is 4.79 Å². The van der Waals surface area contributed by atoms with Crippen molar-refractivity contribution in [2.24, 2.45) is 0 Å². The molecule has 1 aliphatic heterocycles. The van der Waals surface area contributed by atoms with Crippen LogP contribution in [-0.4, -0.2) is 36.2 Å². The minimum atomic E-state index is -0.146. The molecule has 0 aromatic carbocycles. The molecule has 1 unspecified atom stereocenters. The molecule has 0 radical (unpaired) electrons. The molecular formula is C10H20N2O2. The van der Waals surface area contributed by atoms with Crippen molar-refractivity contribution >= 4 is 5.91 Å². The standard InChI is InChI=1S/C10H20N2O2/c1-8(7-13)12-10(14)9-5-3-2-4-6-11-9/h8-9,11,13H,2-7H2,1H3,(H,12,14)/t8-,9?/m0/s1. The smallest absolute Gasteiger partial charge is 0.237 e. The molecule has 1 saturated heterocycles. The Morgan fingerprint density at radius 1 is 1.57 bits per heavy atom. The van der Waals surface area contributed by atoms with Crippen molar-refractivity contribution in [1.29, 1.82) is 0 Å². The number of nitrogens with one attached hydrogen (secondary N) is 2. The van der Waals surface area contributed by atoms with E-state index in [9.17, 15) is 4.79 Å². The summed E-state index contributed by atoms with van der Waals surface area (Å²) in [7, 11) is 0. The lowest BCUT2D eigenvalue weighted by atomic mass is 10.1. The van der Waals surface area contributed by atoms with Crippen LogP contribution in [0.4, 0.5) is 0 Å². The Kier molecular flexibility index (Phi) is 4.90. The summed E-state index contributed by atoms with van der Waals surface area (Å²) in [5.41, 5.74) is 0. The molecule has 1 heterocycles. The zero-order chi connectivity index (χ0) is 10.4. The third-order valence-corrected chi connectivity index (χ3v) is 2.54. The van der Waals surface area contributed by atoms with Gasteiger partial charge in [-0.2, -0.15) is 0 Å². The van der Waals surface area contributed by atoms with E-state index >= 15 is 0 Å². The van der Waals surface area contributed by atoms with E-state index < -0.39 is 0 Å². The van der Waals surface area contributed by atoms with Crippen LogP contribution in [0.1, 0.15) is 32.6 Å². The highest BCUT2D eigenvalue weighted by Gasteiger charge is 2.20. The molecule has 0 aromatic rings. The van der Waals surface area contributed by atoms with Gasteiger partial charge >= 0.3 is 0 Å². The van der Waals surface area contributed by atoms with Crippen molar-refractivity contribution in [3.05, 3.63) is 0 Å². The molecule has 1 fully saturated rings. The van der Waals surface area contributed by atoms with Gasteiger partial charge in [-0.1, -0.05) is 12.8 Å². The summed E-state index contributed by atoms with van der Waals surface area (Å²) in [6, 6.07) is -0.209. The monoisotopic (exact) mass is 200 g/mol. The first-order valence-electron chi connectivity index (χ1n) is 5.38. The summed E-state index contributed by atoms with van der Waals surface area (Å²) in [5, 5.41) is 14.8. The third kappa shape index (κ3) is 3.64. The van der Waals surface area contributed by atoms with Gasteiger partial charge in [0.1, 0.15) is 0 Å². The minimum absolute atomic E-state index is 0.00153. The van der Waals surface area contributed by atoms with Crippen molar-refractivity contribution in [1.82, 2.24) is 10.6 Å². The summed E-state index contributed by atoms with van der Waals surface area (Å²) in [6.45, 7) is 2.72. The number of amides is 1. The molecule has 4 heteroatoms. The van der Waals surface area contributed by atoms with Crippen LogP contribution in [0, 0.1) is 0 Å². The fourth-order valence-corrected chi connectivity index (χ4v) is 1.64. The quantitative estimate of drug-likeness (QED) is 0.601. The van der Waals surface area contributed by atoms with Crippen LogP contribution in [0.25, 0.3) is 0 Å². The van der Waals surface area contributed by atoms with E-state index in [-0.39, 0.29) is 24.6 Å². The Hall–Kier alpha value is -0.610. The van der Waals surface area contributed by atoms with Crippen LogP contribution in [0.5, 0.6) is 0 Å². The van der Waals surface area contributed by atoms with E-state index in [0.717, 1.165) is 25.8 Å². The van der Waals surface area contributed by atoms with Crippen LogP contribution in [0.2, 0.25) is 0 Å². The van der Waals surface area contributed by atoms with Crippen LogP contribution in [0.15, 0.2) is 0 Å². The lowest BCUT2D eigenvalue weighted by Gasteiger charge is -2.18. The van der Waals surface area contributed by atoms with Crippen LogP contribution in [0.3, 0.4) is 0 Å². The molecule has 1 rings (SSSR count). The molecule has 0 saturated carbocycles. The molecule has 0 aromatic heterocycles. The Labute approximate surface area is 85.1 Å². The number of rotatable bonds is 3. The fraction of sp³-hybridized carbons (Fsp3) is 0.900. The zero-order valence-electron chi connectivity index (χ0n) is 8.75. The average Bonchev–Trinajstić information content (AvgIpc) is 2.45. The van der Waals surface area contributed by atoms with Gasteiger partial charge in [-0.05, 0) is 26.3 Å². The fourth-order valence-electron chi connectivity index (χ4n) is 1.64. The molecule has 1 amide bonds. The van der Waals surface area contributed by atoms with Crippen molar-refractivity contribution in [3.63, 3.8) is 0 Å². The number of aliphatic hydroxyl groups is 1. The Morgan fingerprint density at radius 2 is 2.36 bits per heavy atom. The van der Waals surface area contributed by atoms with Crippen molar-refractivity contribution in [2.75, 3.05) is 13.2 Å². The van der Waals surface area contributed by atoms with Crippen molar-refractivity contribution < 1.29 is 9.90 Å². The molecule has 0 spiro atoms. The molecule has 3 N–H and O–H groups in total. The summed E-state index contributed by atoms with van der Waals surface area (Å²) >= 11 is 0. The normalized spacial score (nSPS) is 25.1. The van der Waals surface area contributed by atoms with Crippen molar-refractivity contribution in [2.45, 2.75) is 44.7 Å². The second-order valence-electron chi connectivity index (χ2n) is 3.95. The molecule has 82 valence electrons. The van der Waals surface area contributed by atoms with Gasteiger partial charge in [0, 0.05) is 6.04 Å². The van der Waals surface area contributed by atoms with E-state index in [1.165, 1.54) is 6.42 Å². The lowest BCUT2D eigenvalue weighted by molar-refractivity contribution is -0.124. The van der Waals surface area contributed by atoms with E-state index in [0.29, 0.717) is 0 Å². The SMILES string of the molecule is C[C@@H](CO)NC(=O)C1CCCCCN1. The van der Waals surface area contributed by atoms with E-state index in [1.807, 2.05) is 0 Å². The first-order chi connectivity index (χ1) is 6.74. The van der Waals surface area contributed by atoms with Crippen LogP contribution < -0.4 is 10.6 Å². The molecule has 0 aliphatic carbocycles. The summed E-state index contributed by atoms with van der Waals surface area (Å²) in [5.74, 6) is 0.0217. The van der Waals surface area contributed by atoms with Gasteiger partial charge in [0.05, 0.1) is 12.6 Å². The first kappa shape index (κ1) is 11.5. The van der Waals surface area contributed by atoms with Crippen molar-refractivity contribution in [3.8, 4) is 0 Å². The maximum Gasteiger partial charge on any atom is 0.237 e. The number of aliphatic hydroxyl groups excluding tert-OH is 1. The molecule has 14 heavy (non-hydrogen) atoms. The van der Waals surface area contributed by atoms with Gasteiger partial charge in [-0.15, -0.1) is 0 Å². The summed E-state index contributed by atoms with van der Waals surface area (Å²) in [4.78, 5) is 11.6. The molecule has 2 atom stereocenters. The minimum Gasteiger partial charge on any atom is -0.394 e. The maximum absolute atomic E-state index is 11.6. The van der Waals surface area contributed by atoms with Gasteiger partial charge in [0.25, 0.3) is 0 Å². The van der Waals surface area contributed by atoms with Crippen LogP contribution >= 0.6 is 0 Å². The van der Waals surface area contributed by atoms with Gasteiger partial charge in [-0.25, -0.2) is 0 Å². The lowest BCUT2D eigenvalue weighted by Crippen LogP contribution is -2.47. The molecule has 4 nitrogen and oxygen atoms in total. The van der Waals surface area contributed by atoms with E-state index in [1.54, 1.807) is 6.92 Å². The highest BCUT2D eigenvalue weighted by molar-refractivity contribution is 5.82. The largest absolute Gasteiger partial charge is 0.394 e. The Balaban J connectivity index is 2.34. The second kappa shape index (κ2) is 5.98. The Bertz CT molecular complexity index is 177. The Morgan fingerprint density at radius 3 is 3.07 bits per heavy atom. The molecule has 1 aliphatic rings. The number of hydrogen-bond donors (Lipinski definition) is 3. The third-order valence-electron chi connectivity index (χ3n) is 2.54. The maximum atomic E-state index is 11.6. The highest BCUT2D eigenvalue weighted by atomic mass is 16.3. The van der Waals surface area contributed by atoms with Gasteiger partial charge < -0.3 is 15.7 Å². The summed E-state index contributed by atoms with van der Waals surface area (Å²) in [6.07, 6.45) is 4.37. The van der Waals surface area contributed by atoms with E-state index in [4.69, 9.17) is 5.11 Å². The van der Waals surface area contributed by atoms with E-state index in [2.05, 4.69) is 10.6 Å². The first-order valence-corrected chi connectivity index (χ1v) is 5.38. The topological polar surface area (TPSA) is 61.4 Å². The second-order valence-corrected chi connectivity index (χ2v) is 3.95. The number of carbonyl (C=O) groups excluding carboxylic acids is 1. The zero-order valence-corrected chi connectivity index (χ0v) is 8.75. The van der Waals surface area contributed by atoms with Gasteiger partial charge in [0.2, 0.25) is 5.91 Å². The average molecular weight is 200 g/mol. The predicted molar refractivity (Wildman–Crippen MR) is 54.9 cm³/mol. The predicted octanol–water partition coefficient (Wildman–Crippen LogP) is 0.0156. The molecule has 0 bridgehead atoms. The number of carbonyl (C=O) groups is 1. The van der Waals surface area contributed by atoms with Crippen LogP contribution in [-0.2, 0) is 4.79 Å². The summed E-state index contributed by atoms with van der Waals surface area (Å²) < 4.78 is 0. The highest BCUT2D eigenvalue weighted by Crippen LogP contribution is 2.08.